The van der Waals surface area contributed by atoms with Gasteiger partial charge in [0.1, 0.15) is 0 Å². The van der Waals surface area contributed by atoms with Gasteiger partial charge in [0.2, 0.25) is 0 Å². The molecule has 1 saturated heterocycles. The topological polar surface area (TPSA) is 70.5 Å². The van der Waals surface area contributed by atoms with E-state index in [9.17, 15) is 0 Å². The zero-order valence-electron chi connectivity index (χ0n) is 8.37. The molecule has 5 nitrogen and oxygen atoms in total. The number of hydrogen-bond donors (Lipinski definition) is 3. The molecule has 1 aliphatic heterocycles. The summed E-state index contributed by atoms with van der Waals surface area (Å²) >= 11 is 0. The smallest absolute Gasteiger partial charge is 0.0439 e. The fraction of sp³-hybridized carbons (Fsp3) is 1.00. The van der Waals surface area contributed by atoms with Crippen molar-refractivity contribution in [2.24, 2.45) is 11.7 Å². The molecule has 78 valence electrons. The molecule has 0 bridgehead atoms. The summed E-state index contributed by atoms with van der Waals surface area (Å²) in [7, 11) is 0. The minimum atomic E-state index is 0.497. The number of rotatable bonds is 4. The molecule has 0 saturated carbocycles. The summed E-state index contributed by atoms with van der Waals surface area (Å²) in [6, 6.07) is 0.497. The standard InChI is InChI=1S/C8H21N5/c1-2-8(7-13(9)10)12-5-3-11-4-6-12/h8,11H,2-7,9-10H2,1H3. The van der Waals surface area contributed by atoms with E-state index in [0.717, 1.165) is 39.1 Å². The van der Waals surface area contributed by atoms with Gasteiger partial charge in [0.05, 0.1) is 0 Å². The molecule has 0 radical (unpaired) electrons. The van der Waals surface area contributed by atoms with E-state index in [1.807, 2.05) is 0 Å². The first-order valence-electron chi connectivity index (χ1n) is 4.95. The Bertz CT molecular complexity index is 132. The van der Waals surface area contributed by atoms with E-state index in [4.69, 9.17) is 11.7 Å². The summed E-state index contributed by atoms with van der Waals surface area (Å²) in [6.45, 7) is 7.28. The van der Waals surface area contributed by atoms with Gasteiger partial charge in [-0.3, -0.25) is 16.6 Å². The first-order chi connectivity index (χ1) is 6.24. The van der Waals surface area contributed by atoms with Gasteiger partial charge in [0, 0.05) is 38.8 Å². The van der Waals surface area contributed by atoms with E-state index in [-0.39, 0.29) is 0 Å². The van der Waals surface area contributed by atoms with Crippen LogP contribution in [0.3, 0.4) is 0 Å². The lowest BCUT2D eigenvalue weighted by Crippen LogP contribution is -2.54. The van der Waals surface area contributed by atoms with Crippen molar-refractivity contribution in [1.29, 1.82) is 0 Å². The minimum Gasteiger partial charge on any atom is -0.314 e. The zero-order valence-corrected chi connectivity index (χ0v) is 8.37. The quantitative estimate of drug-likeness (QED) is 0.378. The highest BCUT2D eigenvalue weighted by Gasteiger charge is 2.19. The van der Waals surface area contributed by atoms with E-state index < -0.39 is 0 Å². The van der Waals surface area contributed by atoms with Crippen molar-refractivity contribution in [3.8, 4) is 0 Å². The summed E-state index contributed by atoms with van der Waals surface area (Å²) < 4.78 is 0. The first-order valence-corrected chi connectivity index (χ1v) is 4.95. The molecule has 0 aromatic heterocycles. The van der Waals surface area contributed by atoms with Crippen LogP contribution in [0.2, 0.25) is 0 Å². The molecule has 1 heterocycles. The lowest BCUT2D eigenvalue weighted by molar-refractivity contribution is 0.122. The molecule has 1 atom stereocenters. The van der Waals surface area contributed by atoms with Crippen LogP contribution in [0.25, 0.3) is 0 Å². The lowest BCUT2D eigenvalue weighted by Gasteiger charge is -2.35. The monoisotopic (exact) mass is 187 g/mol. The predicted molar refractivity (Wildman–Crippen MR) is 53.6 cm³/mol. The highest BCUT2D eigenvalue weighted by atomic mass is 15.6. The fourth-order valence-corrected chi connectivity index (χ4v) is 1.79. The third kappa shape index (κ3) is 3.58. The fourth-order valence-electron chi connectivity index (χ4n) is 1.79. The summed E-state index contributed by atoms with van der Waals surface area (Å²) in [5.41, 5.74) is 0. The molecule has 0 aliphatic carbocycles. The molecule has 0 amide bonds. The van der Waals surface area contributed by atoms with Crippen LogP contribution in [0.4, 0.5) is 0 Å². The van der Waals surface area contributed by atoms with Crippen LogP contribution in [-0.2, 0) is 0 Å². The Morgan fingerprint density at radius 1 is 1.38 bits per heavy atom. The van der Waals surface area contributed by atoms with Gasteiger partial charge in [-0.1, -0.05) is 6.92 Å². The Balaban J connectivity index is 2.34. The van der Waals surface area contributed by atoms with Crippen LogP contribution >= 0.6 is 0 Å². The normalized spacial score (nSPS) is 22.2. The van der Waals surface area contributed by atoms with Crippen molar-refractivity contribution >= 4 is 0 Å². The first kappa shape index (κ1) is 10.9. The maximum atomic E-state index is 5.44. The van der Waals surface area contributed by atoms with Gasteiger partial charge in [-0.25, -0.2) is 0 Å². The molecule has 1 unspecified atom stereocenters. The number of hydrogen-bond acceptors (Lipinski definition) is 5. The van der Waals surface area contributed by atoms with Crippen LogP contribution in [0.5, 0.6) is 0 Å². The average Bonchev–Trinajstić information content (AvgIpc) is 2.15. The van der Waals surface area contributed by atoms with E-state index in [1.54, 1.807) is 0 Å². The van der Waals surface area contributed by atoms with Crippen molar-refractivity contribution in [2.75, 3.05) is 32.7 Å². The van der Waals surface area contributed by atoms with Gasteiger partial charge in [0.25, 0.3) is 0 Å². The van der Waals surface area contributed by atoms with Crippen LogP contribution in [0, 0.1) is 0 Å². The van der Waals surface area contributed by atoms with Crippen molar-refractivity contribution in [1.82, 2.24) is 15.3 Å². The maximum absolute atomic E-state index is 5.44. The molecule has 1 fully saturated rings. The van der Waals surface area contributed by atoms with Crippen molar-refractivity contribution in [3.63, 3.8) is 0 Å². The highest BCUT2D eigenvalue weighted by Crippen LogP contribution is 2.05. The minimum absolute atomic E-state index is 0.497. The molecular formula is C8H21N5. The summed E-state index contributed by atoms with van der Waals surface area (Å²) in [5.74, 6) is 10.9. The van der Waals surface area contributed by atoms with E-state index in [2.05, 4.69) is 17.1 Å². The second-order valence-electron chi connectivity index (χ2n) is 3.54. The molecule has 5 N–H and O–H groups in total. The largest absolute Gasteiger partial charge is 0.314 e. The molecule has 5 heteroatoms. The van der Waals surface area contributed by atoms with Crippen LogP contribution in [-0.4, -0.2) is 48.8 Å². The van der Waals surface area contributed by atoms with Gasteiger partial charge in [-0.05, 0) is 6.42 Å². The lowest BCUT2D eigenvalue weighted by atomic mass is 10.1. The van der Waals surface area contributed by atoms with Gasteiger partial charge in [0.15, 0.2) is 0 Å². The summed E-state index contributed by atoms with van der Waals surface area (Å²) in [6.07, 6.45) is 1.10. The van der Waals surface area contributed by atoms with Crippen molar-refractivity contribution in [3.05, 3.63) is 0 Å². The highest BCUT2D eigenvalue weighted by molar-refractivity contribution is 4.76. The zero-order chi connectivity index (χ0) is 9.68. The number of hydrazine groups is 2. The number of nitrogens with zero attached hydrogens (tertiary/aromatic N) is 2. The van der Waals surface area contributed by atoms with Gasteiger partial charge < -0.3 is 5.32 Å². The Kier molecular flexibility index (Phi) is 4.61. The third-order valence-corrected chi connectivity index (χ3v) is 2.56. The average molecular weight is 187 g/mol. The van der Waals surface area contributed by atoms with E-state index in [1.165, 1.54) is 5.12 Å². The molecular weight excluding hydrogens is 166 g/mol. The van der Waals surface area contributed by atoms with Crippen LogP contribution in [0.15, 0.2) is 0 Å². The predicted octanol–water partition coefficient (Wildman–Crippen LogP) is -1.28. The molecule has 1 rings (SSSR count). The number of nitrogens with two attached hydrogens (primary N) is 2. The number of piperazine rings is 1. The molecule has 0 spiro atoms. The van der Waals surface area contributed by atoms with Crippen molar-refractivity contribution < 1.29 is 0 Å². The Morgan fingerprint density at radius 3 is 2.46 bits per heavy atom. The van der Waals surface area contributed by atoms with E-state index in [0.29, 0.717) is 6.04 Å². The molecule has 0 aromatic carbocycles. The second kappa shape index (κ2) is 5.51. The van der Waals surface area contributed by atoms with Gasteiger partial charge in [-0.15, -0.1) is 0 Å². The van der Waals surface area contributed by atoms with E-state index >= 15 is 0 Å². The summed E-state index contributed by atoms with van der Waals surface area (Å²) in [4.78, 5) is 2.45. The Labute approximate surface area is 80.0 Å². The van der Waals surface area contributed by atoms with Crippen LogP contribution in [0.1, 0.15) is 13.3 Å². The second-order valence-corrected chi connectivity index (χ2v) is 3.54. The molecule has 13 heavy (non-hydrogen) atoms. The van der Waals surface area contributed by atoms with Gasteiger partial charge in [-0.2, -0.15) is 5.12 Å². The SMILES string of the molecule is CCC(CN(N)N)N1CCNCC1. The Morgan fingerprint density at radius 2 is 2.00 bits per heavy atom. The van der Waals surface area contributed by atoms with Crippen LogP contribution < -0.4 is 17.0 Å². The van der Waals surface area contributed by atoms with Crippen molar-refractivity contribution in [2.45, 2.75) is 19.4 Å². The third-order valence-electron chi connectivity index (χ3n) is 2.56. The molecule has 0 aromatic rings. The number of nitrogens with one attached hydrogen (secondary N) is 1. The van der Waals surface area contributed by atoms with Gasteiger partial charge >= 0.3 is 0 Å². The maximum Gasteiger partial charge on any atom is 0.0439 e. The molecule has 1 aliphatic rings. The summed E-state index contributed by atoms with van der Waals surface area (Å²) in [5, 5.41) is 4.62. The Hall–Kier alpha value is -0.200.